The van der Waals surface area contributed by atoms with Crippen molar-refractivity contribution in [3.8, 4) is 34.3 Å². The fraction of sp³-hybridized carbons (Fsp3) is 0.174. The predicted molar refractivity (Wildman–Crippen MR) is 115 cm³/mol. The minimum Gasteiger partial charge on any atom is -0.415 e. The summed E-state index contributed by atoms with van der Waals surface area (Å²) < 4.78 is 5.84. The zero-order valence-electron chi connectivity index (χ0n) is 17.4. The van der Waals surface area contributed by atoms with Gasteiger partial charge in [0, 0.05) is 30.8 Å². The van der Waals surface area contributed by atoms with Crippen LogP contribution in [-0.2, 0) is 6.61 Å². The van der Waals surface area contributed by atoms with E-state index in [1.165, 1.54) is 4.90 Å². The molecule has 0 aliphatic heterocycles. The Bertz CT molecular complexity index is 1210. The SMILES string of the molecule is Cc1ncc(-c2ccc(C(=O)N(C)C)cc2)nc1-c1nnc(-c2ccc(CO)cc2)o1. The summed E-state index contributed by atoms with van der Waals surface area (Å²) in [6.45, 7) is 1.80. The van der Waals surface area contributed by atoms with Gasteiger partial charge in [-0.25, -0.2) is 4.98 Å². The van der Waals surface area contributed by atoms with Gasteiger partial charge < -0.3 is 14.4 Å². The highest BCUT2D eigenvalue weighted by molar-refractivity contribution is 5.94. The highest BCUT2D eigenvalue weighted by Crippen LogP contribution is 2.27. The van der Waals surface area contributed by atoms with Crippen molar-refractivity contribution in [1.29, 1.82) is 0 Å². The molecule has 156 valence electrons. The maximum atomic E-state index is 12.1. The molecule has 4 aromatic rings. The first-order valence-corrected chi connectivity index (χ1v) is 9.66. The van der Waals surface area contributed by atoms with Crippen LogP contribution in [0.1, 0.15) is 21.6 Å². The Balaban J connectivity index is 1.64. The average molecular weight is 415 g/mol. The van der Waals surface area contributed by atoms with Gasteiger partial charge in [-0.05, 0) is 36.8 Å². The van der Waals surface area contributed by atoms with E-state index in [1.54, 1.807) is 44.6 Å². The fourth-order valence-corrected chi connectivity index (χ4v) is 3.02. The molecule has 8 nitrogen and oxygen atoms in total. The smallest absolute Gasteiger partial charge is 0.268 e. The van der Waals surface area contributed by atoms with Crippen molar-refractivity contribution in [1.82, 2.24) is 25.1 Å². The minimum atomic E-state index is -0.0624. The Morgan fingerprint density at radius 2 is 1.61 bits per heavy atom. The Morgan fingerprint density at radius 3 is 2.26 bits per heavy atom. The zero-order valence-corrected chi connectivity index (χ0v) is 17.4. The molecule has 8 heteroatoms. The fourth-order valence-electron chi connectivity index (χ4n) is 3.02. The second-order valence-electron chi connectivity index (χ2n) is 7.23. The van der Waals surface area contributed by atoms with Crippen molar-refractivity contribution in [3.63, 3.8) is 0 Å². The number of aromatic nitrogens is 4. The second-order valence-corrected chi connectivity index (χ2v) is 7.23. The monoisotopic (exact) mass is 415 g/mol. The van der Waals surface area contributed by atoms with Gasteiger partial charge in [-0.3, -0.25) is 9.78 Å². The summed E-state index contributed by atoms with van der Waals surface area (Å²) >= 11 is 0. The lowest BCUT2D eigenvalue weighted by Gasteiger charge is -2.10. The normalized spacial score (nSPS) is 10.8. The van der Waals surface area contributed by atoms with Gasteiger partial charge in [0.05, 0.1) is 24.2 Å². The molecule has 0 unspecified atom stereocenters. The van der Waals surface area contributed by atoms with Gasteiger partial charge in [0.2, 0.25) is 5.89 Å². The third-order valence-corrected chi connectivity index (χ3v) is 4.80. The van der Waals surface area contributed by atoms with Gasteiger partial charge >= 0.3 is 0 Å². The molecular weight excluding hydrogens is 394 g/mol. The molecule has 4 rings (SSSR count). The number of aliphatic hydroxyl groups excluding tert-OH is 1. The van der Waals surface area contributed by atoms with E-state index in [-0.39, 0.29) is 18.4 Å². The van der Waals surface area contributed by atoms with Crippen LogP contribution < -0.4 is 0 Å². The van der Waals surface area contributed by atoms with E-state index in [0.717, 1.165) is 16.7 Å². The van der Waals surface area contributed by atoms with Crippen LogP contribution in [0.2, 0.25) is 0 Å². The van der Waals surface area contributed by atoms with E-state index in [1.807, 2.05) is 31.2 Å². The topological polar surface area (TPSA) is 105 Å². The number of carbonyl (C=O) groups excluding carboxylic acids is 1. The lowest BCUT2D eigenvalue weighted by molar-refractivity contribution is 0.0827. The number of hydrogen-bond acceptors (Lipinski definition) is 7. The first-order chi connectivity index (χ1) is 15.0. The quantitative estimate of drug-likeness (QED) is 0.533. The number of carbonyl (C=O) groups is 1. The molecule has 0 aliphatic carbocycles. The first kappa shape index (κ1) is 20.4. The zero-order chi connectivity index (χ0) is 22.0. The number of benzene rings is 2. The van der Waals surface area contributed by atoms with Gasteiger partial charge in [0.25, 0.3) is 11.8 Å². The molecule has 0 aliphatic rings. The van der Waals surface area contributed by atoms with E-state index < -0.39 is 0 Å². The maximum absolute atomic E-state index is 12.1. The van der Waals surface area contributed by atoms with E-state index in [2.05, 4.69) is 20.2 Å². The molecule has 1 N–H and O–H groups in total. The molecule has 0 bridgehead atoms. The summed E-state index contributed by atoms with van der Waals surface area (Å²) in [6.07, 6.45) is 1.67. The van der Waals surface area contributed by atoms with Gasteiger partial charge in [0.15, 0.2) is 0 Å². The van der Waals surface area contributed by atoms with Crippen molar-refractivity contribution < 1.29 is 14.3 Å². The molecule has 2 heterocycles. The van der Waals surface area contributed by atoms with Crippen LogP contribution in [0, 0.1) is 6.92 Å². The minimum absolute atomic E-state index is 0.0266. The second kappa shape index (κ2) is 8.45. The van der Waals surface area contributed by atoms with Crippen molar-refractivity contribution in [3.05, 3.63) is 71.5 Å². The molecule has 0 saturated carbocycles. The van der Waals surface area contributed by atoms with Crippen LogP contribution in [-0.4, -0.2) is 50.2 Å². The third kappa shape index (κ3) is 4.19. The summed E-state index contributed by atoms with van der Waals surface area (Å²) in [7, 11) is 3.43. The summed E-state index contributed by atoms with van der Waals surface area (Å²) in [5, 5.41) is 17.4. The van der Waals surface area contributed by atoms with Crippen LogP contribution in [0.25, 0.3) is 34.3 Å². The highest BCUT2D eigenvalue weighted by atomic mass is 16.4. The summed E-state index contributed by atoms with van der Waals surface area (Å²) in [6, 6.07) is 14.4. The molecule has 0 radical (unpaired) electrons. The van der Waals surface area contributed by atoms with Crippen LogP contribution in [0.3, 0.4) is 0 Å². The van der Waals surface area contributed by atoms with Crippen LogP contribution in [0.4, 0.5) is 0 Å². The molecule has 2 aromatic heterocycles. The van der Waals surface area contributed by atoms with E-state index in [4.69, 9.17) is 4.42 Å². The molecule has 0 atom stereocenters. The standard InChI is InChI=1S/C23H21N5O3/c1-14-20(22-27-26-21(31-22)17-6-4-15(13-29)5-7-17)25-19(12-24-14)16-8-10-18(11-9-16)23(30)28(2)3/h4-12,29H,13H2,1-3H3. The molecular formula is C23H21N5O3. The van der Waals surface area contributed by atoms with Crippen molar-refractivity contribution in [2.24, 2.45) is 0 Å². The molecule has 0 saturated heterocycles. The third-order valence-electron chi connectivity index (χ3n) is 4.80. The van der Waals surface area contributed by atoms with Crippen LogP contribution in [0.15, 0.2) is 59.1 Å². The van der Waals surface area contributed by atoms with Gasteiger partial charge in [-0.1, -0.05) is 24.3 Å². The van der Waals surface area contributed by atoms with E-state index in [0.29, 0.717) is 28.5 Å². The van der Waals surface area contributed by atoms with Crippen LogP contribution in [0.5, 0.6) is 0 Å². The highest BCUT2D eigenvalue weighted by Gasteiger charge is 2.16. The number of hydrogen-bond donors (Lipinski definition) is 1. The molecule has 1 amide bonds. The molecule has 0 spiro atoms. The predicted octanol–water partition coefficient (Wildman–Crippen LogP) is 3.36. The van der Waals surface area contributed by atoms with E-state index >= 15 is 0 Å². The molecule has 31 heavy (non-hydrogen) atoms. The number of rotatable bonds is 5. The van der Waals surface area contributed by atoms with Crippen molar-refractivity contribution in [2.45, 2.75) is 13.5 Å². The lowest BCUT2D eigenvalue weighted by Crippen LogP contribution is -2.21. The van der Waals surface area contributed by atoms with Crippen molar-refractivity contribution >= 4 is 5.91 Å². The Hall–Kier alpha value is -3.91. The van der Waals surface area contributed by atoms with E-state index in [9.17, 15) is 9.90 Å². The summed E-state index contributed by atoms with van der Waals surface area (Å²) in [5.41, 5.74) is 4.77. The number of aliphatic hydroxyl groups is 1. The Morgan fingerprint density at radius 1 is 0.968 bits per heavy atom. The van der Waals surface area contributed by atoms with Gasteiger partial charge in [-0.15, -0.1) is 10.2 Å². The molecule has 2 aromatic carbocycles. The molecule has 0 fully saturated rings. The van der Waals surface area contributed by atoms with Crippen molar-refractivity contribution in [2.75, 3.05) is 14.1 Å². The van der Waals surface area contributed by atoms with Crippen LogP contribution >= 0.6 is 0 Å². The summed E-state index contributed by atoms with van der Waals surface area (Å²) in [4.78, 5) is 22.7. The Labute approximate surface area is 179 Å². The van der Waals surface area contributed by atoms with Gasteiger partial charge in [0.1, 0.15) is 5.69 Å². The largest absolute Gasteiger partial charge is 0.415 e. The Kier molecular flexibility index (Phi) is 5.55. The number of aryl methyl sites for hydroxylation is 1. The average Bonchev–Trinajstić information content (AvgIpc) is 3.29. The summed E-state index contributed by atoms with van der Waals surface area (Å²) in [5.74, 6) is 0.567. The number of nitrogens with zero attached hydrogens (tertiary/aromatic N) is 5. The number of amides is 1. The van der Waals surface area contributed by atoms with Gasteiger partial charge in [-0.2, -0.15) is 0 Å². The maximum Gasteiger partial charge on any atom is 0.268 e. The first-order valence-electron chi connectivity index (χ1n) is 9.66. The lowest BCUT2D eigenvalue weighted by atomic mass is 10.1.